The van der Waals surface area contributed by atoms with Gasteiger partial charge < -0.3 is 19.9 Å². The molecule has 17 heavy (non-hydrogen) atoms. The van der Waals surface area contributed by atoms with Gasteiger partial charge in [-0.05, 0) is 25.1 Å². The number of carbonyl (C=O) groups is 1. The second-order valence-corrected chi connectivity index (χ2v) is 3.62. The summed E-state index contributed by atoms with van der Waals surface area (Å²) in [4.78, 5) is 11.9. The van der Waals surface area contributed by atoms with E-state index in [1.807, 2.05) is 0 Å². The zero-order chi connectivity index (χ0) is 12.8. The standard InChI is InChI=1S/C12H17NO4/c1-8(7-14)13-12(15)10-6-9(16-2)4-5-11(10)17-3/h4-6,8,14H,7H2,1-3H3,(H,13,15). The zero-order valence-electron chi connectivity index (χ0n) is 10.2. The van der Waals surface area contributed by atoms with Crippen molar-refractivity contribution in [3.05, 3.63) is 23.8 Å². The number of hydrogen-bond acceptors (Lipinski definition) is 4. The van der Waals surface area contributed by atoms with Gasteiger partial charge in [0.1, 0.15) is 11.5 Å². The molecule has 94 valence electrons. The Kier molecular flexibility index (Phi) is 4.78. The van der Waals surface area contributed by atoms with Crippen LogP contribution in [0.25, 0.3) is 0 Å². The molecule has 0 saturated heterocycles. The van der Waals surface area contributed by atoms with E-state index in [-0.39, 0.29) is 18.6 Å². The fourth-order valence-electron chi connectivity index (χ4n) is 1.34. The first-order chi connectivity index (χ1) is 8.12. The lowest BCUT2D eigenvalue weighted by Gasteiger charge is -2.13. The highest BCUT2D eigenvalue weighted by Gasteiger charge is 2.15. The summed E-state index contributed by atoms with van der Waals surface area (Å²) in [6, 6.07) is 4.67. The van der Waals surface area contributed by atoms with Gasteiger partial charge in [-0.2, -0.15) is 0 Å². The number of aliphatic hydroxyl groups excluding tert-OH is 1. The lowest BCUT2D eigenvalue weighted by atomic mass is 10.1. The van der Waals surface area contributed by atoms with Gasteiger partial charge >= 0.3 is 0 Å². The average molecular weight is 239 g/mol. The Labute approximate surface area is 100 Å². The number of aliphatic hydroxyl groups is 1. The van der Waals surface area contributed by atoms with E-state index >= 15 is 0 Å². The lowest BCUT2D eigenvalue weighted by Crippen LogP contribution is -2.35. The SMILES string of the molecule is COc1ccc(OC)c(C(=O)NC(C)CO)c1. The van der Waals surface area contributed by atoms with E-state index < -0.39 is 0 Å². The van der Waals surface area contributed by atoms with Crippen LogP contribution in [0.3, 0.4) is 0 Å². The highest BCUT2D eigenvalue weighted by molar-refractivity contribution is 5.97. The largest absolute Gasteiger partial charge is 0.497 e. The number of benzene rings is 1. The normalized spacial score (nSPS) is 11.8. The Morgan fingerprint density at radius 3 is 2.65 bits per heavy atom. The lowest BCUT2D eigenvalue weighted by molar-refractivity contribution is 0.0919. The monoisotopic (exact) mass is 239 g/mol. The molecule has 1 aromatic rings. The number of amides is 1. The Hall–Kier alpha value is -1.75. The molecule has 1 rings (SSSR count). The number of hydrogen-bond donors (Lipinski definition) is 2. The van der Waals surface area contributed by atoms with Crippen molar-refractivity contribution >= 4 is 5.91 Å². The molecule has 0 aliphatic heterocycles. The first-order valence-electron chi connectivity index (χ1n) is 5.26. The van der Waals surface area contributed by atoms with Crippen molar-refractivity contribution in [2.45, 2.75) is 13.0 Å². The summed E-state index contributed by atoms with van der Waals surface area (Å²) in [6.07, 6.45) is 0. The Morgan fingerprint density at radius 1 is 1.41 bits per heavy atom. The van der Waals surface area contributed by atoms with Crippen molar-refractivity contribution in [2.24, 2.45) is 0 Å². The number of carbonyl (C=O) groups excluding carboxylic acids is 1. The summed E-state index contributed by atoms with van der Waals surface area (Å²) in [5, 5.41) is 11.5. The minimum absolute atomic E-state index is 0.113. The van der Waals surface area contributed by atoms with E-state index in [2.05, 4.69) is 5.32 Å². The topological polar surface area (TPSA) is 67.8 Å². The van der Waals surface area contributed by atoms with E-state index in [1.54, 1.807) is 25.1 Å². The number of methoxy groups -OCH3 is 2. The molecule has 2 N–H and O–H groups in total. The van der Waals surface area contributed by atoms with E-state index in [1.165, 1.54) is 14.2 Å². The molecule has 0 aliphatic rings. The van der Waals surface area contributed by atoms with Crippen LogP contribution in [0.1, 0.15) is 17.3 Å². The van der Waals surface area contributed by atoms with Gasteiger partial charge in [0.15, 0.2) is 0 Å². The molecular formula is C12H17NO4. The smallest absolute Gasteiger partial charge is 0.255 e. The molecule has 5 heteroatoms. The van der Waals surface area contributed by atoms with Crippen LogP contribution in [-0.4, -0.2) is 37.9 Å². The van der Waals surface area contributed by atoms with Gasteiger partial charge in [0.25, 0.3) is 5.91 Å². The Morgan fingerprint density at radius 2 is 2.12 bits per heavy atom. The quantitative estimate of drug-likeness (QED) is 0.798. The maximum Gasteiger partial charge on any atom is 0.255 e. The number of rotatable bonds is 5. The van der Waals surface area contributed by atoms with Gasteiger partial charge in [0.2, 0.25) is 0 Å². The molecule has 1 amide bonds. The van der Waals surface area contributed by atoms with Crippen molar-refractivity contribution in [1.82, 2.24) is 5.32 Å². The molecule has 0 aliphatic carbocycles. The van der Waals surface area contributed by atoms with E-state index in [0.717, 1.165) is 0 Å². The minimum atomic E-state index is -0.307. The summed E-state index contributed by atoms with van der Waals surface area (Å²) in [5.41, 5.74) is 0.382. The number of ether oxygens (including phenoxy) is 2. The van der Waals surface area contributed by atoms with Crippen molar-refractivity contribution in [3.63, 3.8) is 0 Å². The first-order valence-corrected chi connectivity index (χ1v) is 5.26. The molecule has 0 aromatic heterocycles. The number of nitrogens with one attached hydrogen (secondary N) is 1. The molecule has 5 nitrogen and oxygen atoms in total. The molecule has 0 saturated carbocycles. The van der Waals surface area contributed by atoms with Gasteiger partial charge in [-0.25, -0.2) is 0 Å². The van der Waals surface area contributed by atoms with Gasteiger partial charge in [0.05, 0.1) is 26.4 Å². The summed E-state index contributed by atoms with van der Waals surface area (Å²) < 4.78 is 10.2. The Bertz CT molecular complexity index is 392. The summed E-state index contributed by atoms with van der Waals surface area (Å²) in [5.74, 6) is 0.739. The molecule has 0 radical (unpaired) electrons. The van der Waals surface area contributed by atoms with Crippen molar-refractivity contribution in [2.75, 3.05) is 20.8 Å². The third-order valence-electron chi connectivity index (χ3n) is 2.30. The van der Waals surface area contributed by atoms with Crippen molar-refractivity contribution < 1.29 is 19.4 Å². The van der Waals surface area contributed by atoms with Gasteiger partial charge in [-0.15, -0.1) is 0 Å². The second-order valence-electron chi connectivity index (χ2n) is 3.62. The van der Waals surface area contributed by atoms with E-state index in [4.69, 9.17) is 14.6 Å². The summed E-state index contributed by atoms with van der Waals surface area (Å²) in [6.45, 7) is 1.60. The van der Waals surface area contributed by atoms with Crippen LogP contribution >= 0.6 is 0 Å². The van der Waals surface area contributed by atoms with E-state index in [0.29, 0.717) is 17.1 Å². The average Bonchev–Trinajstić information content (AvgIpc) is 2.37. The molecule has 0 fully saturated rings. The Balaban J connectivity index is 2.97. The van der Waals surface area contributed by atoms with Crippen molar-refractivity contribution in [3.8, 4) is 11.5 Å². The third-order valence-corrected chi connectivity index (χ3v) is 2.30. The second kappa shape index (κ2) is 6.10. The fourth-order valence-corrected chi connectivity index (χ4v) is 1.34. The van der Waals surface area contributed by atoms with E-state index in [9.17, 15) is 4.79 Å². The fraction of sp³-hybridized carbons (Fsp3) is 0.417. The summed E-state index contributed by atoms with van der Waals surface area (Å²) >= 11 is 0. The molecule has 1 unspecified atom stereocenters. The summed E-state index contributed by atoms with van der Waals surface area (Å²) in [7, 11) is 3.02. The van der Waals surface area contributed by atoms with Crippen molar-refractivity contribution in [1.29, 1.82) is 0 Å². The highest BCUT2D eigenvalue weighted by atomic mass is 16.5. The molecule has 0 spiro atoms. The minimum Gasteiger partial charge on any atom is -0.497 e. The van der Waals surface area contributed by atoms with Crippen LogP contribution < -0.4 is 14.8 Å². The van der Waals surface area contributed by atoms with Crippen LogP contribution in [0.5, 0.6) is 11.5 Å². The molecule has 0 heterocycles. The van der Waals surface area contributed by atoms with Gasteiger partial charge in [0, 0.05) is 6.04 Å². The molecule has 1 atom stereocenters. The molecule has 0 bridgehead atoms. The predicted octanol–water partition coefficient (Wildman–Crippen LogP) is 0.814. The third kappa shape index (κ3) is 3.35. The van der Waals surface area contributed by atoms with Crippen LogP contribution in [-0.2, 0) is 0 Å². The zero-order valence-corrected chi connectivity index (χ0v) is 10.2. The van der Waals surface area contributed by atoms with Crippen LogP contribution in [0, 0.1) is 0 Å². The van der Waals surface area contributed by atoms with Crippen LogP contribution in [0.15, 0.2) is 18.2 Å². The van der Waals surface area contributed by atoms with Crippen LogP contribution in [0.4, 0.5) is 0 Å². The van der Waals surface area contributed by atoms with Gasteiger partial charge in [-0.1, -0.05) is 0 Å². The van der Waals surface area contributed by atoms with Crippen LogP contribution in [0.2, 0.25) is 0 Å². The predicted molar refractivity (Wildman–Crippen MR) is 63.6 cm³/mol. The first kappa shape index (κ1) is 13.3. The molecule has 1 aromatic carbocycles. The van der Waals surface area contributed by atoms with Gasteiger partial charge in [-0.3, -0.25) is 4.79 Å². The maximum atomic E-state index is 11.9. The highest BCUT2D eigenvalue weighted by Crippen LogP contribution is 2.23. The maximum absolute atomic E-state index is 11.9. The molecular weight excluding hydrogens is 222 g/mol.